The molecule has 0 aromatic heterocycles. The molecule has 0 saturated heterocycles. The summed E-state index contributed by atoms with van der Waals surface area (Å²) in [5.74, 6) is -0.876. The zero-order valence-electron chi connectivity index (χ0n) is 13.0. The second kappa shape index (κ2) is 8.45. The molecule has 0 fully saturated rings. The molecule has 1 N–H and O–H groups in total. The second-order valence-corrected chi connectivity index (χ2v) is 5.86. The molecule has 0 saturated carbocycles. The van der Waals surface area contributed by atoms with E-state index in [4.69, 9.17) is 5.11 Å². The van der Waals surface area contributed by atoms with Crippen molar-refractivity contribution in [2.45, 2.75) is 39.5 Å². The summed E-state index contributed by atoms with van der Waals surface area (Å²) in [4.78, 5) is 22.2. The predicted octanol–water partition coefficient (Wildman–Crippen LogP) is 3.08. The number of carbonyl (C=O) groups is 2. The maximum atomic E-state index is 11.4. The molecule has 0 aliphatic carbocycles. The Kier molecular flexibility index (Phi) is 6.92. The van der Waals surface area contributed by atoms with Gasteiger partial charge in [-0.1, -0.05) is 38.1 Å². The van der Waals surface area contributed by atoms with Crippen LogP contribution in [-0.2, 0) is 27.2 Å². The van der Waals surface area contributed by atoms with Gasteiger partial charge < -0.3 is 9.84 Å². The van der Waals surface area contributed by atoms with Gasteiger partial charge in [-0.25, -0.2) is 0 Å². The molecule has 0 amide bonds. The van der Waals surface area contributed by atoms with Crippen LogP contribution in [0.5, 0.6) is 0 Å². The van der Waals surface area contributed by atoms with Gasteiger partial charge in [0.15, 0.2) is 0 Å². The van der Waals surface area contributed by atoms with Crippen molar-refractivity contribution in [1.29, 1.82) is 0 Å². The molecule has 0 radical (unpaired) electrons. The van der Waals surface area contributed by atoms with E-state index in [2.05, 4.69) is 30.7 Å². The summed E-state index contributed by atoms with van der Waals surface area (Å²) in [6.07, 6.45) is 1.71. The summed E-state index contributed by atoms with van der Waals surface area (Å²) in [6.45, 7) is 4.35. The normalized spacial score (nSPS) is 12.2. The zero-order valence-corrected chi connectivity index (χ0v) is 13.0. The lowest BCUT2D eigenvalue weighted by atomic mass is 9.92. The fourth-order valence-corrected chi connectivity index (χ4v) is 2.40. The van der Waals surface area contributed by atoms with E-state index in [0.717, 1.165) is 12.0 Å². The van der Waals surface area contributed by atoms with E-state index in [9.17, 15) is 9.59 Å². The summed E-state index contributed by atoms with van der Waals surface area (Å²) in [5, 5.41) is 8.94. The van der Waals surface area contributed by atoms with Crippen LogP contribution in [0.25, 0.3) is 0 Å². The topological polar surface area (TPSA) is 63.6 Å². The summed E-state index contributed by atoms with van der Waals surface area (Å²) in [7, 11) is 1.32. The Hall–Kier alpha value is -1.84. The third kappa shape index (κ3) is 6.93. The fourth-order valence-electron chi connectivity index (χ4n) is 2.40. The van der Waals surface area contributed by atoms with Crippen molar-refractivity contribution >= 4 is 11.9 Å². The molecule has 116 valence electrons. The van der Waals surface area contributed by atoms with Crippen LogP contribution in [0.4, 0.5) is 0 Å². The van der Waals surface area contributed by atoms with Crippen LogP contribution in [0.2, 0.25) is 0 Å². The van der Waals surface area contributed by atoms with Gasteiger partial charge in [0.25, 0.3) is 0 Å². The first-order valence-electron chi connectivity index (χ1n) is 7.27. The van der Waals surface area contributed by atoms with E-state index >= 15 is 0 Å². The molecule has 0 bridgehead atoms. The van der Waals surface area contributed by atoms with Crippen molar-refractivity contribution in [2.75, 3.05) is 7.11 Å². The smallest absolute Gasteiger partial charge is 0.305 e. The minimum atomic E-state index is -0.889. The minimum Gasteiger partial charge on any atom is -0.481 e. The monoisotopic (exact) mass is 292 g/mol. The molecular weight excluding hydrogens is 268 g/mol. The zero-order chi connectivity index (χ0) is 15.8. The number of methoxy groups -OCH3 is 1. The van der Waals surface area contributed by atoms with Crippen LogP contribution in [0.15, 0.2) is 24.3 Å². The number of carboxylic acid groups (broad SMARTS) is 1. The lowest BCUT2D eigenvalue weighted by Gasteiger charge is -2.14. The molecule has 1 unspecified atom stereocenters. The fraction of sp³-hybridized carbons (Fsp3) is 0.529. The van der Waals surface area contributed by atoms with Gasteiger partial charge in [0.1, 0.15) is 0 Å². The van der Waals surface area contributed by atoms with Gasteiger partial charge in [-0.3, -0.25) is 9.59 Å². The number of aliphatic carboxylic acids is 1. The number of hydrogen-bond donors (Lipinski definition) is 1. The first-order valence-corrected chi connectivity index (χ1v) is 7.27. The van der Waals surface area contributed by atoms with Gasteiger partial charge in [0, 0.05) is 12.8 Å². The van der Waals surface area contributed by atoms with Crippen LogP contribution < -0.4 is 0 Å². The highest BCUT2D eigenvalue weighted by Crippen LogP contribution is 2.18. The summed E-state index contributed by atoms with van der Waals surface area (Å²) < 4.78 is 4.63. The van der Waals surface area contributed by atoms with Crippen LogP contribution in [0.3, 0.4) is 0 Å². The summed E-state index contributed by atoms with van der Waals surface area (Å²) >= 11 is 0. The SMILES string of the molecule is COC(=O)CC(CC(=O)O)Cc1ccc(CC(C)C)cc1. The molecular formula is C17H24O4. The Morgan fingerprint density at radius 3 is 2.00 bits per heavy atom. The van der Waals surface area contributed by atoms with Crippen LogP contribution in [0.1, 0.15) is 37.8 Å². The number of esters is 1. The van der Waals surface area contributed by atoms with Gasteiger partial charge >= 0.3 is 11.9 Å². The average molecular weight is 292 g/mol. The summed E-state index contributed by atoms with van der Waals surface area (Å²) in [5.41, 5.74) is 2.33. The van der Waals surface area contributed by atoms with Crippen LogP contribution >= 0.6 is 0 Å². The predicted molar refractivity (Wildman–Crippen MR) is 81.1 cm³/mol. The average Bonchev–Trinajstić information content (AvgIpc) is 2.39. The van der Waals surface area contributed by atoms with Crippen LogP contribution in [0, 0.1) is 11.8 Å². The van der Waals surface area contributed by atoms with E-state index in [-0.39, 0.29) is 24.7 Å². The van der Waals surface area contributed by atoms with Crippen molar-refractivity contribution in [3.63, 3.8) is 0 Å². The molecule has 0 aliphatic heterocycles. The largest absolute Gasteiger partial charge is 0.481 e. The molecule has 0 spiro atoms. The van der Waals surface area contributed by atoms with Crippen molar-refractivity contribution in [1.82, 2.24) is 0 Å². The van der Waals surface area contributed by atoms with Crippen molar-refractivity contribution in [2.24, 2.45) is 11.8 Å². The number of rotatable bonds is 8. The number of carbonyl (C=O) groups excluding carboxylic acids is 1. The quantitative estimate of drug-likeness (QED) is 0.748. The molecule has 1 aromatic rings. The Morgan fingerprint density at radius 1 is 1.05 bits per heavy atom. The van der Waals surface area contributed by atoms with Gasteiger partial charge in [0.2, 0.25) is 0 Å². The highest BCUT2D eigenvalue weighted by atomic mass is 16.5. The van der Waals surface area contributed by atoms with Crippen LogP contribution in [-0.4, -0.2) is 24.2 Å². The van der Waals surface area contributed by atoms with E-state index in [1.54, 1.807) is 0 Å². The number of benzene rings is 1. The van der Waals surface area contributed by atoms with E-state index in [1.165, 1.54) is 12.7 Å². The third-order valence-electron chi connectivity index (χ3n) is 3.34. The van der Waals surface area contributed by atoms with Gasteiger partial charge in [-0.2, -0.15) is 0 Å². The molecule has 0 heterocycles. The Balaban J connectivity index is 2.68. The molecule has 4 heteroatoms. The maximum Gasteiger partial charge on any atom is 0.305 e. The minimum absolute atomic E-state index is 0.0250. The first kappa shape index (κ1) is 17.2. The molecule has 1 aromatic carbocycles. The molecule has 21 heavy (non-hydrogen) atoms. The highest BCUT2D eigenvalue weighted by molar-refractivity contribution is 5.72. The number of carboxylic acids is 1. The highest BCUT2D eigenvalue weighted by Gasteiger charge is 2.18. The molecule has 1 atom stereocenters. The van der Waals surface area contributed by atoms with E-state index in [0.29, 0.717) is 12.3 Å². The number of ether oxygens (including phenoxy) is 1. The molecule has 0 aliphatic rings. The lowest BCUT2D eigenvalue weighted by molar-refractivity contribution is -0.143. The lowest BCUT2D eigenvalue weighted by Crippen LogP contribution is -2.16. The van der Waals surface area contributed by atoms with E-state index < -0.39 is 5.97 Å². The second-order valence-electron chi connectivity index (χ2n) is 5.86. The first-order chi connectivity index (χ1) is 9.90. The van der Waals surface area contributed by atoms with Gasteiger partial charge in [-0.05, 0) is 35.8 Å². The molecule has 4 nitrogen and oxygen atoms in total. The Labute approximate surface area is 126 Å². The van der Waals surface area contributed by atoms with Gasteiger partial charge in [-0.15, -0.1) is 0 Å². The van der Waals surface area contributed by atoms with Crippen molar-refractivity contribution in [3.8, 4) is 0 Å². The maximum absolute atomic E-state index is 11.4. The number of hydrogen-bond acceptors (Lipinski definition) is 3. The van der Waals surface area contributed by atoms with Crippen molar-refractivity contribution < 1.29 is 19.4 Å². The Bertz CT molecular complexity index is 462. The molecule has 1 rings (SSSR count). The van der Waals surface area contributed by atoms with Crippen molar-refractivity contribution in [3.05, 3.63) is 35.4 Å². The standard InChI is InChI=1S/C17H24O4/c1-12(2)8-13-4-6-14(7-5-13)9-15(10-16(18)19)11-17(20)21-3/h4-7,12,15H,8-11H2,1-3H3,(H,18,19). The third-order valence-corrected chi connectivity index (χ3v) is 3.34. The van der Waals surface area contributed by atoms with Gasteiger partial charge in [0.05, 0.1) is 7.11 Å². The van der Waals surface area contributed by atoms with E-state index in [1.807, 2.05) is 12.1 Å². The Morgan fingerprint density at radius 2 is 1.57 bits per heavy atom. The summed E-state index contributed by atoms with van der Waals surface area (Å²) in [6, 6.07) is 8.18.